The highest BCUT2D eigenvalue weighted by molar-refractivity contribution is 7.84. The van der Waals surface area contributed by atoms with Crippen molar-refractivity contribution in [2.45, 2.75) is 10.6 Å². The summed E-state index contributed by atoms with van der Waals surface area (Å²) < 4.78 is 16.8. The minimum atomic E-state index is -1.16. The van der Waals surface area contributed by atoms with Crippen molar-refractivity contribution >= 4 is 28.4 Å². The highest BCUT2D eigenvalue weighted by Gasteiger charge is 2.08. The van der Waals surface area contributed by atoms with E-state index in [1.54, 1.807) is 48.5 Å². The van der Waals surface area contributed by atoms with Crippen molar-refractivity contribution in [3.8, 4) is 0 Å². The number of methoxy groups -OCH3 is 1. The number of carbonyl (C=O) groups is 1. The molecule has 0 bridgehead atoms. The molecule has 0 saturated heterocycles. The number of hydrogen-bond donors (Lipinski definition) is 0. The van der Waals surface area contributed by atoms with Crippen molar-refractivity contribution in [3.63, 3.8) is 0 Å². The molecule has 0 saturated carbocycles. The molecule has 0 aliphatic rings. The Morgan fingerprint density at radius 3 is 2.50 bits per heavy atom. The van der Waals surface area contributed by atoms with Gasteiger partial charge in [-0.25, -0.2) is 4.79 Å². The molecule has 0 fully saturated rings. The van der Waals surface area contributed by atoms with Crippen LogP contribution in [0.3, 0.4) is 0 Å². The first-order valence-corrected chi connectivity index (χ1v) is 7.61. The Morgan fingerprint density at radius 2 is 1.90 bits per heavy atom. The molecule has 0 spiro atoms. The molecule has 1 atom stereocenters. The van der Waals surface area contributed by atoms with E-state index in [9.17, 15) is 9.00 Å². The van der Waals surface area contributed by atoms with Crippen LogP contribution in [0.5, 0.6) is 0 Å². The first-order valence-electron chi connectivity index (χ1n) is 5.91. The summed E-state index contributed by atoms with van der Waals surface area (Å²) in [4.78, 5) is 12.0. The zero-order valence-corrected chi connectivity index (χ0v) is 12.4. The minimum Gasteiger partial charge on any atom is -0.465 e. The third kappa shape index (κ3) is 3.68. The second-order valence-electron chi connectivity index (χ2n) is 4.14. The van der Waals surface area contributed by atoms with Gasteiger partial charge in [0, 0.05) is 9.92 Å². The third-order valence-corrected chi connectivity index (χ3v) is 4.34. The van der Waals surface area contributed by atoms with Gasteiger partial charge in [0.2, 0.25) is 0 Å². The van der Waals surface area contributed by atoms with E-state index < -0.39 is 10.8 Å². The van der Waals surface area contributed by atoms with E-state index in [1.165, 1.54) is 7.11 Å². The molecule has 0 aliphatic carbocycles. The Kier molecular flexibility index (Phi) is 4.93. The van der Waals surface area contributed by atoms with Crippen molar-refractivity contribution in [1.29, 1.82) is 0 Å². The fraction of sp³-hybridized carbons (Fsp3) is 0.133. The van der Waals surface area contributed by atoms with Gasteiger partial charge in [-0.2, -0.15) is 0 Å². The van der Waals surface area contributed by atoms with Crippen LogP contribution in [0.4, 0.5) is 0 Å². The SMILES string of the molecule is COC(=O)c1ccc(CS(=O)c2cccc(Cl)c2)cc1. The first kappa shape index (κ1) is 14.8. The van der Waals surface area contributed by atoms with E-state index in [1.807, 2.05) is 0 Å². The Bertz CT molecular complexity index is 638. The van der Waals surface area contributed by atoms with Crippen molar-refractivity contribution in [3.05, 3.63) is 64.7 Å². The van der Waals surface area contributed by atoms with Crippen LogP contribution in [-0.4, -0.2) is 17.3 Å². The summed E-state index contributed by atoms with van der Waals surface area (Å²) in [5.41, 5.74) is 1.36. The lowest BCUT2D eigenvalue weighted by Crippen LogP contribution is -2.02. The van der Waals surface area contributed by atoms with Crippen molar-refractivity contribution in [2.75, 3.05) is 7.11 Å². The number of halogens is 1. The quantitative estimate of drug-likeness (QED) is 0.813. The molecule has 0 radical (unpaired) electrons. The Balaban J connectivity index is 2.10. The normalized spacial score (nSPS) is 11.9. The number of esters is 1. The molecular weight excluding hydrogens is 296 g/mol. The van der Waals surface area contributed by atoms with Crippen LogP contribution >= 0.6 is 11.6 Å². The van der Waals surface area contributed by atoms with Crippen LogP contribution in [0, 0.1) is 0 Å². The van der Waals surface area contributed by atoms with Gasteiger partial charge >= 0.3 is 5.97 Å². The summed E-state index contributed by atoms with van der Waals surface area (Å²) in [6.45, 7) is 0. The van der Waals surface area contributed by atoms with Gasteiger partial charge in [-0.15, -0.1) is 0 Å². The van der Waals surface area contributed by atoms with Gasteiger partial charge in [0.25, 0.3) is 0 Å². The minimum absolute atomic E-state index is 0.377. The molecule has 0 aromatic heterocycles. The van der Waals surface area contributed by atoms with E-state index >= 15 is 0 Å². The molecule has 5 heteroatoms. The van der Waals surface area contributed by atoms with E-state index in [-0.39, 0.29) is 5.97 Å². The average molecular weight is 309 g/mol. The van der Waals surface area contributed by atoms with Crippen molar-refractivity contribution in [1.82, 2.24) is 0 Å². The topological polar surface area (TPSA) is 43.4 Å². The molecule has 2 aromatic carbocycles. The smallest absolute Gasteiger partial charge is 0.337 e. The molecule has 3 nitrogen and oxygen atoms in total. The Morgan fingerprint density at radius 1 is 1.20 bits per heavy atom. The van der Waals surface area contributed by atoms with Gasteiger partial charge in [0.1, 0.15) is 0 Å². The summed E-state index contributed by atoms with van der Waals surface area (Å²) in [5.74, 6) is -0.00515. The number of carbonyl (C=O) groups excluding carboxylic acids is 1. The van der Waals surface area contributed by atoms with Crippen LogP contribution in [0.15, 0.2) is 53.4 Å². The van der Waals surface area contributed by atoms with E-state index in [0.717, 1.165) is 5.56 Å². The Labute approximate surface area is 125 Å². The third-order valence-electron chi connectivity index (χ3n) is 2.73. The van der Waals surface area contributed by atoms with Gasteiger partial charge in [0.05, 0.1) is 29.2 Å². The first-order chi connectivity index (χ1) is 9.60. The Hall–Kier alpha value is -1.65. The van der Waals surface area contributed by atoms with Crippen LogP contribution in [0.25, 0.3) is 0 Å². The summed E-state index contributed by atoms with van der Waals surface area (Å²) in [7, 11) is 0.173. The van der Waals surface area contributed by atoms with Crippen LogP contribution in [0.1, 0.15) is 15.9 Å². The lowest BCUT2D eigenvalue weighted by atomic mass is 10.1. The number of rotatable bonds is 4. The van der Waals surface area contributed by atoms with Crippen LogP contribution in [0.2, 0.25) is 5.02 Å². The molecule has 0 heterocycles. The molecule has 104 valence electrons. The summed E-state index contributed by atoms with van der Waals surface area (Å²) in [6, 6.07) is 13.9. The zero-order valence-electron chi connectivity index (χ0n) is 10.8. The standard InChI is InChI=1S/C15H13ClO3S/c1-19-15(17)12-7-5-11(6-8-12)10-20(18)14-4-2-3-13(16)9-14/h2-9H,10H2,1H3. The van der Waals surface area contributed by atoms with Crippen LogP contribution < -0.4 is 0 Å². The van der Waals surface area contributed by atoms with Gasteiger partial charge in [-0.1, -0.05) is 29.8 Å². The monoisotopic (exact) mass is 308 g/mol. The zero-order chi connectivity index (χ0) is 14.5. The van der Waals surface area contributed by atoms with E-state index in [0.29, 0.717) is 21.2 Å². The van der Waals surface area contributed by atoms with Crippen molar-refractivity contribution in [2.24, 2.45) is 0 Å². The maximum Gasteiger partial charge on any atom is 0.337 e. The average Bonchev–Trinajstić information content (AvgIpc) is 2.47. The molecular formula is C15H13ClO3S. The number of hydrogen-bond acceptors (Lipinski definition) is 3. The molecule has 1 unspecified atom stereocenters. The largest absolute Gasteiger partial charge is 0.465 e. The van der Waals surface area contributed by atoms with E-state index in [2.05, 4.69) is 4.74 Å². The second kappa shape index (κ2) is 6.68. The summed E-state index contributed by atoms with van der Waals surface area (Å²) in [5, 5.41) is 0.567. The number of ether oxygens (including phenoxy) is 1. The second-order valence-corrected chi connectivity index (χ2v) is 6.02. The van der Waals surface area contributed by atoms with Crippen molar-refractivity contribution < 1.29 is 13.7 Å². The predicted molar refractivity (Wildman–Crippen MR) is 79.3 cm³/mol. The number of benzene rings is 2. The highest BCUT2D eigenvalue weighted by Crippen LogP contribution is 2.17. The lowest BCUT2D eigenvalue weighted by Gasteiger charge is -2.04. The van der Waals surface area contributed by atoms with Crippen LogP contribution in [-0.2, 0) is 21.3 Å². The molecule has 0 aliphatic heterocycles. The molecule has 2 aromatic rings. The van der Waals surface area contributed by atoms with Gasteiger partial charge in [-0.05, 0) is 35.9 Å². The fourth-order valence-electron chi connectivity index (χ4n) is 1.70. The molecule has 2 rings (SSSR count). The van der Waals surface area contributed by atoms with Gasteiger partial charge in [0.15, 0.2) is 0 Å². The van der Waals surface area contributed by atoms with E-state index in [4.69, 9.17) is 11.6 Å². The molecule has 0 amide bonds. The molecule has 0 N–H and O–H groups in total. The summed E-state index contributed by atoms with van der Waals surface area (Å²) in [6.07, 6.45) is 0. The lowest BCUT2D eigenvalue weighted by molar-refractivity contribution is 0.0600. The van der Waals surface area contributed by atoms with Gasteiger partial charge < -0.3 is 4.74 Å². The maximum atomic E-state index is 12.2. The summed E-state index contributed by atoms with van der Waals surface area (Å²) >= 11 is 5.88. The fourth-order valence-corrected chi connectivity index (χ4v) is 3.10. The maximum absolute atomic E-state index is 12.2. The highest BCUT2D eigenvalue weighted by atomic mass is 35.5. The molecule has 20 heavy (non-hydrogen) atoms. The van der Waals surface area contributed by atoms with Gasteiger partial charge in [-0.3, -0.25) is 4.21 Å². The predicted octanol–water partition coefficient (Wildman–Crippen LogP) is 3.43.